The molecule has 0 bridgehead atoms. The Balaban J connectivity index is 2.54. The molecule has 18 heavy (non-hydrogen) atoms. The molecule has 0 aliphatic rings. The van der Waals surface area contributed by atoms with Gasteiger partial charge in [-0.05, 0) is 25.0 Å². The number of benzene rings is 2. The molecule has 0 amide bonds. The summed E-state index contributed by atoms with van der Waals surface area (Å²) in [4.78, 5) is 0. The zero-order valence-corrected chi connectivity index (χ0v) is 11.5. The second-order valence-electron chi connectivity index (χ2n) is 5.46. The van der Waals surface area contributed by atoms with E-state index in [0.717, 1.165) is 11.1 Å². The number of phenols is 1. The molecule has 2 aromatic carbocycles. The first-order chi connectivity index (χ1) is 8.43. The molecule has 0 aliphatic carbocycles. The van der Waals surface area contributed by atoms with Gasteiger partial charge in [0.15, 0.2) is 0 Å². The van der Waals surface area contributed by atoms with Crippen molar-refractivity contribution in [2.75, 3.05) is 0 Å². The van der Waals surface area contributed by atoms with E-state index < -0.39 is 0 Å². The Hall–Kier alpha value is -1.76. The molecular formula is C17H20O. The Morgan fingerprint density at radius 2 is 1.50 bits per heavy atom. The van der Waals surface area contributed by atoms with Crippen LogP contribution >= 0.6 is 0 Å². The molecule has 0 saturated heterocycles. The first kappa shape index (κ1) is 12.7. The minimum Gasteiger partial charge on any atom is -0.507 e. The standard InChI is InChI=1S/C17H20O/c1-12-8-10-14(11-9-12)17(3,4)15-7-5-6-13(2)16(15)18/h5-11,18H,1-4H3. The lowest BCUT2D eigenvalue weighted by Gasteiger charge is -2.27. The largest absolute Gasteiger partial charge is 0.507 e. The summed E-state index contributed by atoms with van der Waals surface area (Å²) in [6.45, 7) is 8.31. The minimum atomic E-state index is -0.191. The smallest absolute Gasteiger partial charge is 0.122 e. The van der Waals surface area contributed by atoms with Crippen LogP contribution in [0.25, 0.3) is 0 Å². The molecule has 1 nitrogen and oxygen atoms in total. The van der Waals surface area contributed by atoms with Gasteiger partial charge < -0.3 is 5.11 Å². The van der Waals surface area contributed by atoms with E-state index >= 15 is 0 Å². The molecular weight excluding hydrogens is 220 g/mol. The van der Waals surface area contributed by atoms with Crippen molar-refractivity contribution in [1.82, 2.24) is 0 Å². The fourth-order valence-electron chi connectivity index (χ4n) is 2.29. The third-order valence-corrected chi connectivity index (χ3v) is 3.68. The molecule has 0 spiro atoms. The lowest BCUT2D eigenvalue weighted by atomic mass is 9.77. The summed E-state index contributed by atoms with van der Waals surface area (Å²) in [7, 11) is 0. The number of hydrogen-bond acceptors (Lipinski definition) is 1. The van der Waals surface area contributed by atoms with Crippen molar-refractivity contribution in [2.45, 2.75) is 33.1 Å². The number of para-hydroxylation sites is 1. The van der Waals surface area contributed by atoms with Crippen molar-refractivity contribution in [2.24, 2.45) is 0 Å². The van der Waals surface area contributed by atoms with Gasteiger partial charge in [0, 0.05) is 11.0 Å². The topological polar surface area (TPSA) is 20.2 Å². The Morgan fingerprint density at radius 1 is 0.889 bits per heavy atom. The summed E-state index contributed by atoms with van der Waals surface area (Å²) < 4.78 is 0. The van der Waals surface area contributed by atoms with E-state index in [1.807, 2.05) is 25.1 Å². The van der Waals surface area contributed by atoms with Crippen molar-refractivity contribution in [3.05, 3.63) is 64.7 Å². The number of aromatic hydroxyl groups is 1. The van der Waals surface area contributed by atoms with Gasteiger partial charge in [0.1, 0.15) is 5.75 Å². The van der Waals surface area contributed by atoms with E-state index in [2.05, 4.69) is 45.0 Å². The van der Waals surface area contributed by atoms with Crippen molar-refractivity contribution in [1.29, 1.82) is 0 Å². The lowest BCUT2D eigenvalue weighted by Crippen LogP contribution is -2.19. The Kier molecular flexibility index (Phi) is 3.16. The number of aryl methyl sites for hydroxylation is 2. The van der Waals surface area contributed by atoms with E-state index in [0.29, 0.717) is 5.75 Å². The van der Waals surface area contributed by atoms with E-state index in [9.17, 15) is 5.11 Å². The van der Waals surface area contributed by atoms with Crippen molar-refractivity contribution >= 4 is 0 Å². The highest BCUT2D eigenvalue weighted by Gasteiger charge is 2.26. The second-order valence-corrected chi connectivity index (χ2v) is 5.46. The van der Waals surface area contributed by atoms with Gasteiger partial charge in [-0.1, -0.05) is 61.9 Å². The highest BCUT2D eigenvalue weighted by atomic mass is 16.3. The number of phenolic OH excluding ortho intramolecular Hbond substituents is 1. The van der Waals surface area contributed by atoms with Crippen molar-refractivity contribution in [3.63, 3.8) is 0 Å². The third kappa shape index (κ3) is 2.13. The monoisotopic (exact) mass is 240 g/mol. The predicted molar refractivity (Wildman–Crippen MR) is 76.2 cm³/mol. The Morgan fingerprint density at radius 3 is 2.11 bits per heavy atom. The fraction of sp³-hybridized carbons (Fsp3) is 0.294. The van der Waals surface area contributed by atoms with Gasteiger partial charge in [0.05, 0.1) is 0 Å². The van der Waals surface area contributed by atoms with Crippen LogP contribution in [0.1, 0.15) is 36.1 Å². The summed E-state index contributed by atoms with van der Waals surface area (Å²) in [6.07, 6.45) is 0. The normalized spacial score (nSPS) is 11.6. The first-order valence-corrected chi connectivity index (χ1v) is 6.29. The van der Waals surface area contributed by atoms with Crippen molar-refractivity contribution < 1.29 is 5.11 Å². The van der Waals surface area contributed by atoms with Gasteiger partial charge in [-0.2, -0.15) is 0 Å². The summed E-state index contributed by atoms with van der Waals surface area (Å²) in [5.41, 5.74) is 4.18. The molecule has 0 aromatic heterocycles. The van der Waals surface area contributed by atoms with Gasteiger partial charge in [-0.25, -0.2) is 0 Å². The van der Waals surface area contributed by atoms with E-state index in [1.54, 1.807) is 0 Å². The van der Waals surface area contributed by atoms with Crippen LogP contribution in [0.4, 0.5) is 0 Å². The van der Waals surface area contributed by atoms with Gasteiger partial charge >= 0.3 is 0 Å². The van der Waals surface area contributed by atoms with Gasteiger partial charge in [-0.15, -0.1) is 0 Å². The van der Waals surface area contributed by atoms with Crippen molar-refractivity contribution in [3.8, 4) is 5.75 Å². The number of rotatable bonds is 2. The van der Waals surface area contributed by atoms with Crippen LogP contribution in [0.5, 0.6) is 5.75 Å². The molecule has 0 atom stereocenters. The molecule has 0 fully saturated rings. The molecule has 0 unspecified atom stereocenters. The first-order valence-electron chi connectivity index (χ1n) is 6.29. The maximum Gasteiger partial charge on any atom is 0.122 e. The summed E-state index contributed by atoms with van der Waals surface area (Å²) in [5.74, 6) is 0.406. The molecule has 2 rings (SSSR count). The third-order valence-electron chi connectivity index (χ3n) is 3.68. The predicted octanol–water partition coefficient (Wildman–Crippen LogP) is 4.33. The van der Waals surface area contributed by atoms with Crippen LogP contribution in [-0.2, 0) is 5.41 Å². The highest BCUT2D eigenvalue weighted by Crippen LogP contribution is 2.38. The quantitative estimate of drug-likeness (QED) is 0.828. The van der Waals surface area contributed by atoms with Crippen LogP contribution in [0, 0.1) is 13.8 Å². The maximum atomic E-state index is 10.2. The van der Waals surface area contributed by atoms with E-state index in [4.69, 9.17) is 0 Å². The van der Waals surface area contributed by atoms with Gasteiger partial charge in [0.25, 0.3) is 0 Å². The van der Waals surface area contributed by atoms with Crippen LogP contribution < -0.4 is 0 Å². The summed E-state index contributed by atoms with van der Waals surface area (Å²) in [6, 6.07) is 14.4. The van der Waals surface area contributed by atoms with Crippen LogP contribution in [-0.4, -0.2) is 5.11 Å². The van der Waals surface area contributed by atoms with Gasteiger partial charge in [0.2, 0.25) is 0 Å². The molecule has 0 radical (unpaired) electrons. The van der Waals surface area contributed by atoms with Crippen LogP contribution in [0.2, 0.25) is 0 Å². The zero-order chi connectivity index (χ0) is 13.3. The molecule has 1 N–H and O–H groups in total. The molecule has 2 aromatic rings. The lowest BCUT2D eigenvalue weighted by molar-refractivity contribution is 0.449. The van der Waals surface area contributed by atoms with E-state index in [-0.39, 0.29) is 5.41 Å². The Labute approximate surface area is 109 Å². The molecule has 94 valence electrons. The highest BCUT2D eigenvalue weighted by molar-refractivity contribution is 5.48. The van der Waals surface area contributed by atoms with E-state index in [1.165, 1.54) is 11.1 Å². The second kappa shape index (κ2) is 4.49. The van der Waals surface area contributed by atoms with Crippen LogP contribution in [0.15, 0.2) is 42.5 Å². The fourth-order valence-corrected chi connectivity index (χ4v) is 2.29. The Bertz CT molecular complexity index is 550. The molecule has 0 heterocycles. The molecule has 0 saturated carbocycles. The average Bonchev–Trinajstić information content (AvgIpc) is 2.33. The molecule has 1 heteroatoms. The molecule has 0 aliphatic heterocycles. The minimum absolute atomic E-state index is 0.191. The summed E-state index contributed by atoms with van der Waals surface area (Å²) >= 11 is 0. The maximum absolute atomic E-state index is 10.2. The summed E-state index contributed by atoms with van der Waals surface area (Å²) in [5, 5.41) is 10.2. The SMILES string of the molecule is Cc1ccc(C(C)(C)c2cccc(C)c2O)cc1. The average molecular weight is 240 g/mol. The number of hydrogen-bond donors (Lipinski definition) is 1. The zero-order valence-electron chi connectivity index (χ0n) is 11.5. The van der Waals surface area contributed by atoms with Crippen LogP contribution in [0.3, 0.4) is 0 Å². The van der Waals surface area contributed by atoms with Gasteiger partial charge in [-0.3, -0.25) is 0 Å².